The summed E-state index contributed by atoms with van der Waals surface area (Å²) in [5, 5.41) is 1.33. The molecule has 2 aromatic rings. The number of rotatable bonds is 3. The number of carbonyl (C=O) groups excluding carboxylic acids is 2. The number of hydrogen-bond acceptors (Lipinski definition) is 3. The van der Waals surface area contributed by atoms with E-state index in [0.29, 0.717) is 25.0 Å². The first kappa shape index (κ1) is 18.4. The van der Waals surface area contributed by atoms with Crippen molar-refractivity contribution in [3.05, 3.63) is 48.2 Å². The van der Waals surface area contributed by atoms with Crippen LogP contribution in [0.2, 0.25) is 0 Å². The van der Waals surface area contributed by atoms with Crippen molar-refractivity contribution in [3.8, 4) is 0 Å². The topological polar surface area (TPSA) is 59.7 Å². The molecule has 0 unspecified atom stereocenters. The lowest BCUT2D eigenvalue weighted by Crippen LogP contribution is -2.57. The molecule has 1 aromatic carbocycles. The van der Waals surface area contributed by atoms with Gasteiger partial charge >= 0.3 is 6.03 Å². The van der Waals surface area contributed by atoms with Crippen molar-refractivity contribution in [2.45, 2.75) is 31.2 Å². The Morgan fingerprint density at radius 3 is 3.03 bits per heavy atom. The molecule has 0 spiro atoms. The van der Waals surface area contributed by atoms with Crippen LogP contribution in [-0.4, -0.2) is 70.9 Å². The van der Waals surface area contributed by atoms with E-state index in [0.717, 1.165) is 32.4 Å². The Balaban J connectivity index is 1.49. The summed E-state index contributed by atoms with van der Waals surface area (Å²) in [6, 6.07) is 6.66. The highest BCUT2D eigenvalue weighted by atomic mass is 16.2. The smallest absolute Gasteiger partial charge is 0.326 e. The molecule has 6 nitrogen and oxygen atoms in total. The van der Waals surface area contributed by atoms with E-state index in [4.69, 9.17) is 0 Å². The van der Waals surface area contributed by atoms with Crippen LogP contribution in [0.5, 0.6) is 0 Å². The maximum absolute atomic E-state index is 13.4. The summed E-state index contributed by atoms with van der Waals surface area (Å²) in [5.41, 5.74) is 3.87. The molecule has 3 heterocycles. The molecule has 5 rings (SSSR count). The standard InChI is InChI=1S/C23H28N4O2/c1-3-8-26-14-16(22(28)27-10-5-9-25(2)23(27)29)11-18-17-6-4-7-19-21(17)15(13-24-19)12-20(18)26/h3-4,6-7,13,16,18,20,24H,1,5,8-12,14H2,2H3/t16-,18-,20-/m1/s1. The predicted molar refractivity (Wildman–Crippen MR) is 113 cm³/mol. The number of imide groups is 1. The van der Waals surface area contributed by atoms with Gasteiger partial charge in [-0.15, -0.1) is 6.58 Å². The fourth-order valence-electron chi connectivity index (χ4n) is 5.64. The number of hydrogen-bond donors (Lipinski definition) is 1. The van der Waals surface area contributed by atoms with Gasteiger partial charge in [0.1, 0.15) is 0 Å². The van der Waals surface area contributed by atoms with E-state index in [-0.39, 0.29) is 17.9 Å². The first-order valence-electron chi connectivity index (χ1n) is 10.6. The van der Waals surface area contributed by atoms with Crippen LogP contribution in [-0.2, 0) is 11.2 Å². The minimum atomic E-state index is -0.164. The molecule has 3 amide bonds. The minimum Gasteiger partial charge on any atom is -0.361 e. The summed E-state index contributed by atoms with van der Waals surface area (Å²) in [6.07, 6.45) is 6.69. The Morgan fingerprint density at radius 2 is 2.21 bits per heavy atom. The van der Waals surface area contributed by atoms with Gasteiger partial charge in [-0.2, -0.15) is 0 Å². The van der Waals surface area contributed by atoms with Gasteiger partial charge in [0.2, 0.25) is 5.91 Å². The summed E-state index contributed by atoms with van der Waals surface area (Å²) < 4.78 is 0. The van der Waals surface area contributed by atoms with Crippen LogP contribution < -0.4 is 0 Å². The van der Waals surface area contributed by atoms with Crippen molar-refractivity contribution in [2.24, 2.45) is 5.92 Å². The second kappa shape index (κ2) is 7.02. The SMILES string of the molecule is C=CCN1C[C@H](C(=O)N2CCCN(C)C2=O)C[C@@H]2c3cccc4[nH]cc(c34)C[C@H]21. The number of fused-ring (bicyclic) bond motifs is 2. The third-order valence-electron chi connectivity index (χ3n) is 6.99. The lowest BCUT2D eigenvalue weighted by atomic mass is 9.72. The third-order valence-corrected chi connectivity index (χ3v) is 6.99. The molecule has 152 valence electrons. The number of likely N-dealkylation sites (tertiary alicyclic amines) is 1. The highest BCUT2D eigenvalue weighted by molar-refractivity contribution is 5.96. The lowest BCUT2D eigenvalue weighted by Gasteiger charge is -2.47. The fraction of sp³-hybridized carbons (Fsp3) is 0.478. The van der Waals surface area contributed by atoms with Gasteiger partial charge in [-0.1, -0.05) is 18.2 Å². The van der Waals surface area contributed by atoms with Crippen molar-refractivity contribution in [1.29, 1.82) is 0 Å². The number of urea groups is 1. The molecular formula is C23H28N4O2. The van der Waals surface area contributed by atoms with Gasteiger partial charge in [0.25, 0.3) is 0 Å². The quantitative estimate of drug-likeness (QED) is 0.817. The molecule has 1 aromatic heterocycles. The molecule has 1 N–H and O–H groups in total. The molecule has 3 aliphatic rings. The van der Waals surface area contributed by atoms with Crippen molar-refractivity contribution in [2.75, 3.05) is 33.2 Å². The number of amides is 3. The largest absolute Gasteiger partial charge is 0.361 e. The molecule has 6 heteroatoms. The van der Waals surface area contributed by atoms with Gasteiger partial charge in [-0.05, 0) is 36.5 Å². The zero-order valence-electron chi connectivity index (χ0n) is 16.9. The van der Waals surface area contributed by atoms with E-state index in [2.05, 4.69) is 40.9 Å². The fourth-order valence-corrected chi connectivity index (χ4v) is 5.64. The summed E-state index contributed by atoms with van der Waals surface area (Å²) >= 11 is 0. The summed E-state index contributed by atoms with van der Waals surface area (Å²) in [6.45, 7) is 6.65. The van der Waals surface area contributed by atoms with Crippen LogP contribution in [0.4, 0.5) is 4.79 Å². The number of piperidine rings is 1. The van der Waals surface area contributed by atoms with Gasteiger partial charge in [-0.25, -0.2) is 4.79 Å². The second-order valence-corrected chi connectivity index (χ2v) is 8.68. The number of nitrogens with zero attached hydrogens (tertiary/aromatic N) is 3. The van der Waals surface area contributed by atoms with Crippen molar-refractivity contribution in [3.63, 3.8) is 0 Å². The maximum atomic E-state index is 13.4. The zero-order chi connectivity index (χ0) is 20.1. The molecule has 1 aliphatic carbocycles. The van der Waals surface area contributed by atoms with Crippen LogP contribution >= 0.6 is 0 Å². The molecule has 0 bridgehead atoms. The number of nitrogens with one attached hydrogen (secondary N) is 1. The van der Waals surface area contributed by atoms with Crippen LogP contribution in [0.1, 0.15) is 29.9 Å². The Morgan fingerprint density at radius 1 is 1.34 bits per heavy atom. The van der Waals surface area contributed by atoms with E-state index in [1.165, 1.54) is 26.9 Å². The second-order valence-electron chi connectivity index (χ2n) is 8.68. The predicted octanol–water partition coefficient (Wildman–Crippen LogP) is 2.97. The average Bonchev–Trinajstić information content (AvgIpc) is 3.14. The number of benzene rings is 1. The molecule has 2 aliphatic heterocycles. The first-order valence-corrected chi connectivity index (χ1v) is 10.6. The van der Waals surface area contributed by atoms with E-state index in [9.17, 15) is 9.59 Å². The number of aromatic nitrogens is 1. The van der Waals surface area contributed by atoms with E-state index in [1.807, 2.05) is 6.08 Å². The zero-order valence-corrected chi connectivity index (χ0v) is 16.9. The molecule has 0 radical (unpaired) electrons. The van der Waals surface area contributed by atoms with Crippen LogP contribution in [0, 0.1) is 5.92 Å². The molecule has 2 saturated heterocycles. The lowest BCUT2D eigenvalue weighted by molar-refractivity contribution is -0.136. The summed E-state index contributed by atoms with van der Waals surface area (Å²) in [7, 11) is 1.78. The maximum Gasteiger partial charge on any atom is 0.326 e. The van der Waals surface area contributed by atoms with E-state index < -0.39 is 0 Å². The van der Waals surface area contributed by atoms with Gasteiger partial charge in [0.15, 0.2) is 0 Å². The normalized spacial score (nSPS) is 27.2. The van der Waals surface area contributed by atoms with E-state index in [1.54, 1.807) is 11.9 Å². The molecule has 29 heavy (non-hydrogen) atoms. The highest BCUT2D eigenvalue weighted by Crippen LogP contribution is 2.45. The average molecular weight is 393 g/mol. The van der Waals surface area contributed by atoms with Gasteiger partial charge < -0.3 is 9.88 Å². The summed E-state index contributed by atoms with van der Waals surface area (Å²) in [5.74, 6) is 0.116. The number of carbonyl (C=O) groups is 2. The van der Waals surface area contributed by atoms with Gasteiger partial charge in [0, 0.05) is 62.3 Å². The van der Waals surface area contributed by atoms with Crippen LogP contribution in [0.25, 0.3) is 10.9 Å². The van der Waals surface area contributed by atoms with Crippen molar-refractivity contribution >= 4 is 22.8 Å². The third kappa shape index (κ3) is 2.89. The molecule has 2 fully saturated rings. The first-order chi connectivity index (χ1) is 14.1. The minimum absolute atomic E-state index is 0.0129. The molecule has 3 atom stereocenters. The number of aromatic amines is 1. The van der Waals surface area contributed by atoms with Crippen molar-refractivity contribution < 1.29 is 9.59 Å². The number of H-pyrrole nitrogens is 1. The van der Waals surface area contributed by atoms with Crippen LogP contribution in [0.3, 0.4) is 0 Å². The van der Waals surface area contributed by atoms with E-state index >= 15 is 0 Å². The monoisotopic (exact) mass is 392 g/mol. The van der Waals surface area contributed by atoms with Gasteiger partial charge in [0.05, 0.1) is 5.92 Å². The Hall–Kier alpha value is -2.60. The Kier molecular flexibility index (Phi) is 4.46. The Labute approximate surface area is 171 Å². The van der Waals surface area contributed by atoms with Crippen LogP contribution in [0.15, 0.2) is 37.1 Å². The Bertz CT molecular complexity index is 980. The summed E-state index contributed by atoms with van der Waals surface area (Å²) in [4.78, 5) is 34.9. The molecular weight excluding hydrogens is 364 g/mol. The highest BCUT2D eigenvalue weighted by Gasteiger charge is 2.44. The van der Waals surface area contributed by atoms with Crippen molar-refractivity contribution in [1.82, 2.24) is 19.7 Å². The molecule has 0 saturated carbocycles. The van der Waals surface area contributed by atoms with Gasteiger partial charge in [-0.3, -0.25) is 14.6 Å².